The zero-order valence-corrected chi connectivity index (χ0v) is 13.1. The Balaban J connectivity index is 2.49. The van der Waals surface area contributed by atoms with Crippen molar-refractivity contribution >= 4 is 23.6 Å². The van der Waals surface area contributed by atoms with Crippen LogP contribution in [0.15, 0.2) is 0 Å². The fraction of sp³-hybridized carbons (Fsp3) is 0.615. The maximum absolute atomic E-state index is 12.1. The van der Waals surface area contributed by atoms with Gasteiger partial charge < -0.3 is 10.4 Å². The van der Waals surface area contributed by atoms with E-state index in [9.17, 15) is 9.59 Å². The molecule has 0 saturated carbocycles. The number of aromatic nitrogens is 2. The molecule has 0 fully saturated rings. The van der Waals surface area contributed by atoms with Gasteiger partial charge in [0, 0.05) is 30.6 Å². The number of carbonyl (C=O) groups excluding carboxylic acids is 1. The van der Waals surface area contributed by atoms with Gasteiger partial charge in [0.1, 0.15) is 0 Å². The predicted molar refractivity (Wildman–Crippen MR) is 79.1 cm³/mol. The van der Waals surface area contributed by atoms with Crippen LogP contribution in [0.3, 0.4) is 0 Å². The van der Waals surface area contributed by atoms with Crippen molar-refractivity contribution in [1.29, 1.82) is 0 Å². The SMILES string of the molecule is Cc1nn(C)c(C)c1C(C)C(=O)NCCSCC(=O)O. The molecule has 0 spiro atoms. The van der Waals surface area contributed by atoms with Crippen molar-refractivity contribution in [3.05, 3.63) is 17.0 Å². The lowest BCUT2D eigenvalue weighted by atomic mass is 9.98. The van der Waals surface area contributed by atoms with E-state index in [2.05, 4.69) is 10.4 Å². The number of carbonyl (C=O) groups is 2. The Kier molecular flexibility index (Phi) is 6.06. The van der Waals surface area contributed by atoms with Gasteiger partial charge in [-0.3, -0.25) is 14.3 Å². The zero-order valence-electron chi connectivity index (χ0n) is 12.3. The molecule has 1 aromatic rings. The first-order valence-corrected chi connectivity index (χ1v) is 7.57. The number of aryl methyl sites for hydroxylation is 2. The number of hydrogen-bond donors (Lipinski definition) is 2. The van der Waals surface area contributed by atoms with Crippen molar-refractivity contribution in [2.24, 2.45) is 7.05 Å². The Morgan fingerprint density at radius 1 is 1.45 bits per heavy atom. The molecule has 1 rings (SSSR count). The Bertz CT molecular complexity index is 499. The molecule has 1 unspecified atom stereocenters. The normalized spacial score (nSPS) is 12.2. The highest BCUT2D eigenvalue weighted by Crippen LogP contribution is 2.22. The summed E-state index contributed by atoms with van der Waals surface area (Å²) in [4.78, 5) is 22.4. The molecule has 0 aliphatic heterocycles. The summed E-state index contributed by atoms with van der Waals surface area (Å²) in [5.74, 6) is -0.494. The van der Waals surface area contributed by atoms with E-state index in [0.717, 1.165) is 17.0 Å². The molecule has 0 aliphatic rings. The average molecular weight is 299 g/mol. The van der Waals surface area contributed by atoms with Gasteiger partial charge in [0.15, 0.2) is 0 Å². The first-order chi connectivity index (χ1) is 9.34. The summed E-state index contributed by atoms with van der Waals surface area (Å²) in [5.41, 5.74) is 2.82. The van der Waals surface area contributed by atoms with Crippen LogP contribution < -0.4 is 5.32 Å². The molecule has 0 aromatic carbocycles. The molecule has 1 amide bonds. The van der Waals surface area contributed by atoms with Crippen LogP contribution in [0.4, 0.5) is 0 Å². The van der Waals surface area contributed by atoms with Gasteiger partial charge in [0.05, 0.1) is 17.4 Å². The molecule has 0 saturated heterocycles. The number of rotatable bonds is 7. The molecule has 1 atom stereocenters. The number of aliphatic carboxylic acids is 1. The van der Waals surface area contributed by atoms with Gasteiger partial charge in [-0.1, -0.05) is 0 Å². The summed E-state index contributed by atoms with van der Waals surface area (Å²) in [7, 11) is 1.86. The molecule has 0 bridgehead atoms. The van der Waals surface area contributed by atoms with Crippen molar-refractivity contribution < 1.29 is 14.7 Å². The quantitative estimate of drug-likeness (QED) is 0.736. The minimum atomic E-state index is -0.837. The van der Waals surface area contributed by atoms with Crippen LogP contribution in [0.25, 0.3) is 0 Å². The van der Waals surface area contributed by atoms with E-state index in [1.807, 2.05) is 27.8 Å². The summed E-state index contributed by atoms with van der Waals surface area (Å²) < 4.78 is 1.77. The summed E-state index contributed by atoms with van der Waals surface area (Å²) >= 11 is 1.29. The number of carboxylic acid groups (broad SMARTS) is 1. The summed E-state index contributed by atoms with van der Waals surface area (Å²) in [6, 6.07) is 0. The second-order valence-corrected chi connectivity index (χ2v) is 5.77. The number of thioether (sulfide) groups is 1. The molecule has 6 nitrogen and oxygen atoms in total. The molecule has 1 heterocycles. The van der Waals surface area contributed by atoms with Gasteiger partial charge in [0.2, 0.25) is 5.91 Å². The first-order valence-electron chi connectivity index (χ1n) is 6.42. The van der Waals surface area contributed by atoms with E-state index in [1.54, 1.807) is 4.68 Å². The highest BCUT2D eigenvalue weighted by molar-refractivity contribution is 7.99. The molecule has 20 heavy (non-hydrogen) atoms. The fourth-order valence-corrected chi connectivity index (χ4v) is 2.67. The Morgan fingerprint density at radius 2 is 2.10 bits per heavy atom. The number of nitrogens with zero attached hydrogens (tertiary/aromatic N) is 2. The smallest absolute Gasteiger partial charge is 0.313 e. The van der Waals surface area contributed by atoms with E-state index in [-0.39, 0.29) is 17.6 Å². The van der Waals surface area contributed by atoms with Crippen LogP contribution in [0.2, 0.25) is 0 Å². The van der Waals surface area contributed by atoms with Crippen molar-refractivity contribution in [3.63, 3.8) is 0 Å². The number of nitrogens with one attached hydrogen (secondary N) is 1. The lowest BCUT2D eigenvalue weighted by Gasteiger charge is -2.12. The standard InChI is InChI=1S/C13H21N3O3S/c1-8(12-9(2)15-16(4)10(12)3)13(19)14-5-6-20-7-11(17)18/h8H,5-7H2,1-4H3,(H,14,19)(H,17,18). The van der Waals surface area contributed by atoms with Crippen molar-refractivity contribution in [3.8, 4) is 0 Å². The van der Waals surface area contributed by atoms with E-state index in [4.69, 9.17) is 5.11 Å². The predicted octanol–water partition coefficient (Wildman–Crippen LogP) is 1.07. The molecule has 112 valence electrons. The second kappa shape index (κ2) is 7.33. The lowest BCUT2D eigenvalue weighted by molar-refractivity contribution is -0.133. The molecule has 1 aromatic heterocycles. The zero-order chi connectivity index (χ0) is 15.3. The largest absolute Gasteiger partial charge is 0.481 e. The lowest BCUT2D eigenvalue weighted by Crippen LogP contribution is -2.30. The van der Waals surface area contributed by atoms with Gasteiger partial charge in [-0.05, 0) is 20.8 Å². The Labute approximate surface area is 122 Å². The van der Waals surface area contributed by atoms with Gasteiger partial charge in [-0.2, -0.15) is 5.10 Å². The third-order valence-corrected chi connectivity index (χ3v) is 4.11. The monoisotopic (exact) mass is 299 g/mol. The van der Waals surface area contributed by atoms with Crippen LogP contribution in [-0.4, -0.2) is 44.8 Å². The maximum Gasteiger partial charge on any atom is 0.313 e. The van der Waals surface area contributed by atoms with Crippen molar-refractivity contribution in [2.45, 2.75) is 26.7 Å². The molecule has 0 aliphatic carbocycles. The summed E-state index contributed by atoms with van der Waals surface area (Å²) in [6.45, 7) is 6.17. The number of carboxylic acids is 1. The van der Waals surface area contributed by atoms with Gasteiger partial charge in [-0.15, -0.1) is 11.8 Å². The fourth-order valence-electron chi connectivity index (χ4n) is 2.11. The number of hydrogen-bond acceptors (Lipinski definition) is 4. The topological polar surface area (TPSA) is 84.2 Å². The van der Waals surface area contributed by atoms with E-state index in [1.165, 1.54) is 11.8 Å². The Hall–Kier alpha value is -1.50. The summed E-state index contributed by atoms with van der Waals surface area (Å²) in [6.07, 6.45) is 0. The van der Waals surface area contributed by atoms with Gasteiger partial charge in [0.25, 0.3) is 0 Å². The highest BCUT2D eigenvalue weighted by atomic mass is 32.2. The van der Waals surface area contributed by atoms with Crippen LogP contribution in [-0.2, 0) is 16.6 Å². The number of amides is 1. The third-order valence-electron chi connectivity index (χ3n) is 3.16. The minimum absolute atomic E-state index is 0.0554. The highest BCUT2D eigenvalue weighted by Gasteiger charge is 2.22. The molecule has 0 radical (unpaired) electrons. The van der Waals surface area contributed by atoms with E-state index in [0.29, 0.717) is 12.3 Å². The minimum Gasteiger partial charge on any atom is -0.481 e. The molecular weight excluding hydrogens is 278 g/mol. The molecule has 2 N–H and O–H groups in total. The average Bonchev–Trinajstić information content (AvgIpc) is 2.61. The van der Waals surface area contributed by atoms with Crippen LogP contribution in [0.1, 0.15) is 29.8 Å². The maximum atomic E-state index is 12.1. The van der Waals surface area contributed by atoms with Crippen LogP contribution >= 0.6 is 11.8 Å². The van der Waals surface area contributed by atoms with Crippen LogP contribution in [0.5, 0.6) is 0 Å². The van der Waals surface area contributed by atoms with E-state index >= 15 is 0 Å². The first kappa shape index (κ1) is 16.6. The molecular formula is C13H21N3O3S. The summed E-state index contributed by atoms with van der Waals surface area (Å²) in [5, 5.41) is 15.6. The molecule has 7 heteroatoms. The van der Waals surface area contributed by atoms with Crippen LogP contribution in [0, 0.1) is 13.8 Å². The Morgan fingerprint density at radius 3 is 2.60 bits per heavy atom. The van der Waals surface area contributed by atoms with Crippen molar-refractivity contribution in [2.75, 3.05) is 18.1 Å². The van der Waals surface area contributed by atoms with Crippen molar-refractivity contribution in [1.82, 2.24) is 15.1 Å². The van der Waals surface area contributed by atoms with Gasteiger partial charge in [-0.25, -0.2) is 0 Å². The second-order valence-electron chi connectivity index (χ2n) is 4.67. The third kappa shape index (κ3) is 4.26. The van der Waals surface area contributed by atoms with E-state index < -0.39 is 5.97 Å². The van der Waals surface area contributed by atoms with Gasteiger partial charge >= 0.3 is 5.97 Å².